The molecule has 2 rings (SSSR count). The van der Waals surface area contributed by atoms with Gasteiger partial charge in [0.25, 0.3) is 5.91 Å². The summed E-state index contributed by atoms with van der Waals surface area (Å²) in [6.45, 7) is 2.29. The van der Waals surface area contributed by atoms with Gasteiger partial charge in [-0.2, -0.15) is 0 Å². The topological polar surface area (TPSA) is 84.9 Å². The lowest BCUT2D eigenvalue weighted by Crippen LogP contribution is -2.38. The van der Waals surface area contributed by atoms with E-state index in [1.54, 1.807) is 0 Å². The van der Waals surface area contributed by atoms with Gasteiger partial charge in [-0.25, -0.2) is 0 Å². The first-order valence-electron chi connectivity index (χ1n) is 8.05. The van der Waals surface area contributed by atoms with E-state index in [1.165, 1.54) is 16.7 Å². The summed E-state index contributed by atoms with van der Waals surface area (Å²) in [5.41, 5.74) is 0.981. The molecule has 0 atom stereocenters. The number of carbonyl (C=O) groups excluding carboxylic acids is 3. The van der Waals surface area contributed by atoms with Crippen LogP contribution in [0, 0.1) is 6.92 Å². The van der Waals surface area contributed by atoms with Crippen molar-refractivity contribution < 1.29 is 23.9 Å². The summed E-state index contributed by atoms with van der Waals surface area (Å²) in [6, 6.07) is 7.50. The van der Waals surface area contributed by atoms with Crippen LogP contribution in [0.1, 0.15) is 12.0 Å². The number of thiocarbonyl (C=S) groups is 1. The quantitative estimate of drug-likeness (QED) is 0.497. The highest BCUT2D eigenvalue weighted by Gasteiger charge is 2.25. The van der Waals surface area contributed by atoms with E-state index in [0.29, 0.717) is 22.4 Å². The van der Waals surface area contributed by atoms with Crippen molar-refractivity contribution in [1.82, 2.24) is 10.2 Å². The predicted octanol–water partition coefficient (Wildman–Crippen LogP) is 1.28. The Morgan fingerprint density at radius 2 is 2.12 bits per heavy atom. The highest BCUT2D eigenvalue weighted by molar-refractivity contribution is 8.23. The van der Waals surface area contributed by atoms with E-state index in [-0.39, 0.29) is 32.1 Å². The third kappa shape index (κ3) is 6.30. The van der Waals surface area contributed by atoms with Gasteiger partial charge in [-0.1, -0.05) is 42.2 Å². The van der Waals surface area contributed by atoms with Gasteiger partial charge in [-0.3, -0.25) is 19.3 Å². The summed E-state index contributed by atoms with van der Waals surface area (Å²) in [5, 5.41) is 2.59. The third-order valence-electron chi connectivity index (χ3n) is 3.52. The Bertz CT molecular complexity index is 679. The summed E-state index contributed by atoms with van der Waals surface area (Å²) >= 11 is 6.35. The molecule has 0 aromatic heterocycles. The first-order valence-corrected chi connectivity index (χ1v) is 9.44. The molecule has 0 spiro atoms. The Kier molecular flexibility index (Phi) is 7.86. The number of esters is 1. The normalized spacial score (nSPS) is 13.7. The van der Waals surface area contributed by atoms with E-state index < -0.39 is 11.9 Å². The highest BCUT2D eigenvalue weighted by atomic mass is 32.2. The lowest BCUT2D eigenvalue weighted by Gasteiger charge is -2.15. The molecule has 0 saturated carbocycles. The number of hydrogen-bond donors (Lipinski definition) is 1. The van der Waals surface area contributed by atoms with Gasteiger partial charge in [0.05, 0.1) is 18.8 Å². The van der Waals surface area contributed by atoms with Crippen molar-refractivity contribution in [2.75, 3.05) is 32.1 Å². The molecule has 1 saturated heterocycles. The van der Waals surface area contributed by atoms with Crippen molar-refractivity contribution in [1.29, 1.82) is 0 Å². The monoisotopic (exact) mass is 396 g/mol. The fraction of sp³-hybridized carbons (Fsp3) is 0.412. The standard InChI is InChI=1S/C17H20N2O5S2/c1-12-4-2-3-5-13(12)23-9-6-16(22)24-10-14(20)18-7-8-19-15(21)11-26-17(19)25/h2-5H,6-11H2,1H3,(H,18,20). The zero-order valence-corrected chi connectivity index (χ0v) is 16.0. The largest absolute Gasteiger partial charge is 0.493 e. The van der Waals surface area contributed by atoms with E-state index in [0.717, 1.165) is 5.56 Å². The van der Waals surface area contributed by atoms with Crippen LogP contribution in [-0.2, 0) is 19.1 Å². The van der Waals surface area contributed by atoms with Crippen molar-refractivity contribution in [3.05, 3.63) is 29.8 Å². The number of benzene rings is 1. The van der Waals surface area contributed by atoms with Crippen LogP contribution in [0.15, 0.2) is 24.3 Å². The zero-order chi connectivity index (χ0) is 18.9. The van der Waals surface area contributed by atoms with Gasteiger partial charge in [0.2, 0.25) is 5.91 Å². The Hall–Kier alpha value is -2.13. The van der Waals surface area contributed by atoms with Gasteiger partial charge in [0.15, 0.2) is 6.61 Å². The summed E-state index contributed by atoms with van der Waals surface area (Å²) in [5.74, 6) is 0.0546. The van der Waals surface area contributed by atoms with Crippen LogP contribution < -0.4 is 10.1 Å². The molecule has 0 bridgehead atoms. The van der Waals surface area contributed by atoms with Crippen molar-refractivity contribution in [2.24, 2.45) is 0 Å². The molecule has 1 fully saturated rings. The Morgan fingerprint density at radius 3 is 2.81 bits per heavy atom. The van der Waals surface area contributed by atoms with Crippen LogP contribution in [-0.4, -0.2) is 59.1 Å². The minimum atomic E-state index is -0.513. The number of carbonyl (C=O) groups is 3. The second-order valence-electron chi connectivity index (χ2n) is 5.47. The molecule has 1 aliphatic rings. The average Bonchev–Trinajstić information content (AvgIpc) is 2.93. The highest BCUT2D eigenvalue weighted by Crippen LogP contribution is 2.18. The van der Waals surface area contributed by atoms with Gasteiger partial charge in [-0.05, 0) is 18.6 Å². The number of nitrogens with one attached hydrogen (secondary N) is 1. The maximum atomic E-state index is 11.7. The van der Waals surface area contributed by atoms with E-state index in [4.69, 9.17) is 21.7 Å². The van der Waals surface area contributed by atoms with E-state index in [9.17, 15) is 14.4 Å². The predicted molar refractivity (Wildman–Crippen MR) is 102 cm³/mol. The smallest absolute Gasteiger partial charge is 0.309 e. The van der Waals surface area contributed by atoms with Crippen LogP contribution in [0.4, 0.5) is 0 Å². The summed E-state index contributed by atoms with van der Waals surface area (Å²) in [7, 11) is 0. The van der Waals surface area contributed by atoms with Crippen LogP contribution in [0.3, 0.4) is 0 Å². The van der Waals surface area contributed by atoms with Crippen LogP contribution in [0.25, 0.3) is 0 Å². The molecule has 9 heteroatoms. The number of rotatable bonds is 9. The second-order valence-corrected chi connectivity index (χ2v) is 7.08. The molecule has 1 N–H and O–H groups in total. The molecule has 1 aromatic carbocycles. The molecular weight excluding hydrogens is 376 g/mol. The number of ether oxygens (including phenoxy) is 2. The number of para-hydroxylation sites is 1. The first kappa shape index (κ1) is 20.2. The lowest BCUT2D eigenvalue weighted by atomic mass is 10.2. The van der Waals surface area contributed by atoms with E-state index >= 15 is 0 Å². The maximum Gasteiger partial charge on any atom is 0.309 e. The Morgan fingerprint density at radius 1 is 1.35 bits per heavy atom. The maximum absolute atomic E-state index is 11.7. The average molecular weight is 396 g/mol. The Balaban J connectivity index is 1.57. The number of aryl methyl sites for hydroxylation is 1. The minimum Gasteiger partial charge on any atom is -0.493 e. The molecule has 140 valence electrons. The minimum absolute atomic E-state index is 0.0510. The van der Waals surface area contributed by atoms with Gasteiger partial charge in [0.1, 0.15) is 10.1 Å². The molecule has 1 aromatic rings. The van der Waals surface area contributed by atoms with Crippen LogP contribution in [0.2, 0.25) is 0 Å². The van der Waals surface area contributed by atoms with Crippen molar-refractivity contribution >= 4 is 46.1 Å². The van der Waals surface area contributed by atoms with Gasteiger partial charge in [0, 0.05) is 13.1 Å². The van der Waals surface area contributed by atoms with Gasteiger partial charge >= 0.3 is 5.97 Å². The Labute approximate surface area is 161 Å². The molecule has 0 aliphatic carbocycles. The molecule has 0 unspecified atom stereocenters. The summed E-state index contributed by atoms with van der Waals surface area (Å²) < 4.78 is 10.9. The number of nitrogens with zero attached hydrogens (tertiary/aromatic N) is 1. The summed E-state index contributed by atoms with van der Waals surface area (Å²) in [6.07, 6.45) is 0.0510. The molecule has 2 amide bonds. The van der Waals surface area contributed by atoms with Crippen molar-refractivity contribution in [3.63, 3.8) is 0 Å². The van der Waals surface area contributed by atoms with E-state index in [2.05, 4.69) is 5.32 Å². The van der Waals surface area contributed by atoms with Crippen LogP contribution in [0.5, 0.6) is 5.75 Å². The number of thioether (sulfide) groups is 1. The second kappa shape index (κ2) is 10.1. The first-order chi connectivity index (χ1) is 12.5. The number of amides is 2. The van der Waals surface area contributed by atoms with E-state index in [1.807, 2.05) is 31.2 Å². The molecule has 26 heavy (non-hydrogen) atoms. The van der Waals surface area contributed by atoms with Gasteiger partial charge in [-0.15, -0.1) is 0 Å². The number of hydrogen-bond acceptors (Lipinski definition) is 7. The molecule has 0 radical (unpaired) electrons. The lowest BCUT2D eigenvalue weighted by molar-refractivity contribution is -0.149. The molecule has 7 nitrogen and oxygen atoms in total. The zero-order valence-electron chi connectivity index (χ0n) is 14.4. The van der Waals surface area contributed by atoms with Gasteiger partial charge < -0.3 is 14.8 Å². The SMILES string of the molecule is Cc1ccccc1OCCC(=O)OCC(=O)NCCN1C(=O)CSC1=S. The van der Waals surface area contributed by atoms with Crippen molar-refractivity contribution in [2.45, 2.75) is 13.3 Å². The fourth-order valence-corrected chi connectivity index (χ4v) is 3.26. The molecule has 1 heterocycles. The molecule has 1 aliphatic heterocycles. The fourth-order valence-electron chi connectivity index (χ4n) is 2.14. The summed E-state index contributed by atoms with van der Waals surface area (Å²) in [4.78, 5) is 36.3. The molecular formula is C17H20N2O5S2. The van der Waals surface area contributed by atoms with Crippen molar-refractivity contribution in [3.8, 4) is 5.75 Å². The third-order valence-corrected chi connectivity index (χ3v) is 4.95. The van der Waals surface area contributed by atoms with Crippen LogP contribution >= 0.6 is 24.0 Å².